The largest absolute Gasteiger partial charge is 0.208 e. The van der Waals surface area contributed by atoms with Gasteiger partial charge in [-0.2, -0.15) is 5.26 Å². The second kappa shape index (κ2) is 15.7. The number of hydrogen-bond donors (Lipinski definition) is 0. The summed E-state index contributed by atoms with van der Waals surface area (Å²) < 4.78 is 0. The van der Waals surface area contributed by atoms with Gasteiger partial charge in [-0.05, 0) is 97.8 Å². The van der Waals surface area contributed by atoms with Crippen molar-refractivity contribution in [1.82, 2.24) is 15.0 Å². The standard InChI is InChI=1S/C58H42N4/c59-38-39-20-33-51-53(36-39)58(34-8-3-9-35-58)52-19-11-18-50(54(51)52)45-29-25-43(26-30-45)42-21-23-44(24-22-42)48-16-10-17-49(37-48)57-61-55(46-14-6-2-7-15-46)60-56(62-57)47-31-27-41(28-32-47)40-12-4-1-5-13-40/h1-2,4-7,10-33,36-37H,3,8-9,34-35H2. The smallest absolute Gasteiger partial charge is 0.164 e. The highest BCUT2D eigenvalue weighted by molar-refractivity contribution is 5.93. The second-order valence-corrected chi connectivity index (χ2v) is 16.6. The van der Waals surface area contributed by atoms with E-state index < -0.39 is 0 Å². The number of hydrogen-bond acceptors (Lipinski definition) is 4. The molecule has 0 amide bonds. The van der Waals surface area contributed by atoms with E-state index in [1.807, 2.05) is 42.5 Å². The van der Waals surface area contributed by atoms with Gasteiger partial charge in [-0.3, -0.25) is 0 Å². The summed E-state index contributed by atoms with van der Waals surface area (Å²) in [4.78, 5) is 15.0. The van der Waals surface area contributed by atoms with Gasteiger partial charge in [0.05, 0.1) is 11.6 Å². The topological polar surface area (TPSA) is 62.5 Å². The van der Waals surface area contributed by atoms with Crippen molar-refractivity contribution < 1.29 is 0 Å². The molecule has 1 fully saturated rings. The molecule has 4 nitrogen and oxygen atoms in total. The molecular weight excluding hydrogens is 753 g/mol. The van der Waals surface area contributed by atoms with Crippen LogP contribution in [0.2, 0.25) is 0 Å². The number of nitriles is 1. The van der Waals surface area contributed by atoms with E-state index in [9.17, 15) is 5.26 Å². The van der Waals surface area contributed by atoms with E-state index in [4.69, 9.17) is 15.0 Å². The summed E-state index contributed by atoms with van der Waals surface area (Å²) in [7, 11) is 0. The maximum absolute atomic E-state index is 9.81. The van der Waals surface area contributed by atoms with Crippen LogP contribution in [0, 0.1) is 11.3 Å². The number of rotatable bonds is 7. The minimum absolute atomic E-state index is 0.00224. The Hall–Kier alpha value is -7.74. The molecule has 0 unspecified atom stereocenters. The summed E-state index contributed by atoms with van der Waals surface area (Å²) in [5.41, 5.74) is 18.3. The highest BCUT2D eigenvalue weighted by atomic mass is 15.0. The Balaban J connectivity index is 0.883. The third kappa shape index (κ3) is 6.69. The predicted molar refractivity (Wildman–Crippen MR) is 252 cm³/mol. The summed E-state index contributed by atoms with van der Waals surface area (Å²) in [5.74, 6) is 1.91. The van der Waals surface area contributed by atoms with Crippen LogP contribution < -0.4 is 0 Å². The normalized spacial score (nSPS) is 13.6. The van der Waals surface area contributed by atoms with Crippen molar-refractivity contribution in [3.05, 3.63) is 211 Å². The van der Waals surface area contributed by atoms with Crippen LogP contribution in [0.5, 0.6) is 0 Å². The SMILES string of the molecule is N#Cc1ccc2c(c1)C1(CCCCC1)c1cccc(-c3ccc(-c4ccc(-c5cccc(-c6nc(-c7ccccc7)nc(-c7ccc(-c8ccccc8)cc7)n6)c5)cc4)cc3)c1-2. The lowest BCUT2D eigenvalue weighted by Gasteiger charge is -2.36. The van der Waals surface area contributed by atoms with E-state index in [1.54, 1.807) is 0 Å². The average molecular weight is 795 g/mol. The molecule has 4 heteroatoms. The van der Waals surface area contributed by atoms with Gasteiger partial charge >= 0.3 is 0 Å². The van der Waals surface area contributed by atoms with Crippen LogP contribution in [0.3, 0.4) is 0 Å². The van der Waals surface area contributed by atoms with Gasteiger partial charge in [-0.15, -0.1) is 0 Å². The summed E-state index contributed by atoms with van der Waals surface area (Å²) in [6.45, 7) is 0. The zero-order valence-electron chi connectivity index (χ0n) is 34.3. The Morgan fingerprint density at radius 3 is 1.44 bits per heavy atom. The minimum Gasteiger partial charge on any atom is -0.208 e. The molecule has 9 aromatic rings. The fourth-order valence-corrected chi connectivity index (χ4v) is 9.88. The van der Waals surface area contributed by atoms with Gasteiger partial charge in [0.2, 0.25) is 0 Å². The molecule has 62 heavy (non-hydrogen) atoms. The van der Waals surface area contributed by atoms with Gasteiger partial charge in [0.25, 0.3) is 0 Å². The molecular formula is C58H42N4. The molecule has 0 atom stereocenters. The predicted octanol–water partition coefficient (Wildman–Crippen LogP) is 14.6. The van der Waals surface area contributed by atoms with E-state index in [2.05, 4.69) is 158 Å². The Labute approximate surface area is 362 Å². The molecule has 1 saturated carbocycles. The van der Waals surface area contributed by atoms with Crippen LogP contribution in [0.1, 0.15) is 48.8 Å². The van der Waals surface area contributed by atoms with Crippen molar-refractivity contribution in [1.29, 1.82) is 5.26 Å². The third-order valence-corrected chi connectivity index (χ3v) is 13.0. The molecule has 2 aliphatic carbocycles. The van der Waals surface area contributed by atoms with Crippen LogP contribution >= 0.6 is 0 Å². The van der Waals surface area contributed by atoms with Gasteiger partial charge < -0.3 is 0 Å². The third-order valence-electron chi connectivity index (χ3n) is 13.0. The minimum atomic E-state index is 0.00224. The molecule has 1 heterocycles. The highest BCUT2D eigenvalue weighted by Crippen LogP contribution is 2.58. The van der Waals surface area contributed by atoms with Crippen molar-refractivity contribution in [2.24, 2.45) is 0 Å². The Morgan fingerprint density at radius 2 is 0.823 bits per heavy atom. The van der Waals surface area contributed by atoms with E-state index in [1.165, 1.54) is 63.8 Å². The fraction of sp³-hybridized carbons (Fsp3) is 0.103. The second-order valence-electron chi connectivity index (χ2n) is 16.6. The monoisotopic (exact) mass is 794 g/mol. The van der Waals surface area contributed by atoms with Gasteiger partial charge in [-0.25, -0.2) is 15.0 Å². The maximum Gasteiger partial charge on any atom is 0.164 e. The van der Waals surface area contributed by atoms with Crippen LogP contribution in [0.25, 0.3) is 89.8 Å². The van der Waals surface area contributed by atoms with Crippen molar-refractivity contribution >= 4 is 0 Å². The first-order chi connectivity index (χ1) is 30.6. The van der Waals surface area contributed by atoms with Gasteiger partial charge in [0.15, 0.2) is 17.5 Å². The summed E-state index contributed by atoms with van der Waals surface area (Å²) in [5, 5.41) is 9.81. The van der Waals surface area contributed by atoms with Gasteiger partial charge in [0.1, 0.15) is 0 Å². The average Bonchev–Trinajstić information content (AvgIpc) is 3.62. The molecule has 1 spiro atoms. The first kappa shape index (κ1) is 37.3. The molecule has 0 aliphatic heterocycles. The zero-order valence-corrected chi connectivity index (χ0v) is 34.3. The van der Waals surface area contributed by atoms with Crippen molar-refractivity contribution in [3.8, 4) is 95.9 Å². The molecule has 2 aliphatic rings. The lowest BCUT2D eigenvalue weighted by atomic mass is 9.67. The molecule has 11 rings (SSSR count). The van der Waals surface area contributed by atoms with Gasteiger partial charge in [0, 0.05) is 22.1 Å². The van der Waals surface area contributed by atoms with Crippen LogP contribution in [-0.2, 0) is 5.41 Å². The van der Waals surface area contributed by atoms with E-state index >= 15 is 0 Å². The number of nitrogens with zero attached hydrogens (tertiary/aromatic N) is 4. The molecule has 294 valence electrons. The Kier molecular flexibility index (Phi) is 9.44. The Morgan fingerprint density at radius 1 is 0.355 bits per heavy atom. The van der Waals surface area contributed by atoms with E-state index in [0.717, 1.165) is 57.3 Å². The summed E-state index contributed by atoms with van der Waals surface area (Å²) in [6.07, 6.45) is 6.01. The van der Waals surface area contributed by atoms with Crippen molar-refractivity contribution in [2.45, 2.75) is 37.5 Å². The number of aromatic nitrogens is 3. The first-order valence-corrected chi connectivity index (χ1v) is 21.6. The van der Waals surface area contributed by atoms with Crippen LogP contribution in [0.15, 0.2) is 194 Å². The quantitative estimate of drug-likeness (QED) is 0.161. The van der Waals surface area contributed by atoms with Crippen molar-refractivity contribution in [3.63, 3.8) is 0 Å². The zero-order chi connectivity index (χ0) is 41.5. The lowest BCUT2D eigenvalue weighted by Crippen LogP contribution is -2.28. The highest BCUT2D eigenvalue weighted by Gasteiger charge is 2.44. The molecule has 1 aromatic heterocycles. The van der Waals surface area contributed by atoms with E-state index in [0.29, 0.717) is 17.5 Å². The lowest BCUT2D eigenvalue weighted by molar-refractivity contribution is 0.353. The van der Waals surface area contributed by atoms with E-state index in [-0.39, 0.29) is 5.41 Å². The maximum atomic E-state index is 9.81. The first-order valence-electron chi connectivity index (χ1n) is 21.6. The van der Waals surface area contributed by atoms with Gasteiger partial charge in [-0.1, -0.05) is 195 Å². The molecule has 0 saturated heterocycles. The van der Waals surface area contributed by atoms with Crippen molar-refractivity contribution in [2.75, 3.05) is 0 Å². The molecule has 8 aromatic carbocycles. The molecule has 0 N–H and O–H groups in total. The summed E-state index contributed by atoms with van der Waals surface area (Å²) >= 11 is 0. The number of benzene rings is 8. The molecule has 0 radical (unpaired) electrons. The molecule has 0 bridgehead atoms. The summed E-state index contributed by atoms with van der Waals surface area (Å²) in [6, 6.07) is 70.8. The van der Waals surface area contributed by atoms with Crippen LogP contribution in [-0.4, -0.2) is 15.0 Å². The fourth-order valence-electron chi connectivity index (χ4n) is 9.88. The Bertz CT molecular complexity index is 3120. The van der Waals surface area contributed by atoms with Crippen LogP contribution in [0.4, 0.5) is 0 Å². The number of fused-ring (bicyclic) bond motifs is 5.